The van der Waals surface area contributed by atoms with E-state index in [2.05, 4.69) is 10.1 Å². The van der Waals surface area contributed by atoms with Gasteiger partial charge in [-0.1, -0.05) is 0 Å². The van der Waals surface area contributed by atoms with Crippen molar-refractivity contribution in [1.29, 1.82) is 0 Å². The monoisotopic (exact) mass is 318 g/mol. The molecule has 0 spiro atoms. The Bertz CT molecular complexity index is 945. The van der Waals surface area contributed by atoms with Gasteiger partial charge in [0.1, 0.15) is 0 Å². The molecular weight excluding hydrogens is 304 g/mol. The molecule has 0 aliphatic heterocycles. The molecule has 0 aliphatic rings. The molecule has 2 heterocycles. The molecule has 0 amide bonds. The molecule has 0 fully saturated rings. The zero-order valence-corrected chi connectivity index (χ0v) is 13.2. The van der Waals surface area contributed by atoms with Crippen LogP contribution in [0.1, 0.15) is 17.5 Å². The lowest BCUT2D eigenvalue weighted by Crippen LogP contribution is -2.25. The summed E-state index contributed by atoms with van der Waals surface area (Å²) in [5.41, 5.74) is 0.734. The summed E-state index contributed by atoms with van der Waals surface area (Å²) in [6.07, 6.45) is 1.97. The van der Waals surface area contributed by atoms with Crippen LogP contribution in [0.25, 0.3) is 16.6 Å². The smallest absolute Gasteiger partial charge is 0.378 e. The molecule has 0 aliphatic carbocycles. The first kappa shape index (κ1) is 14.6. The van der Waals surface area contributed by atoms with E-state index in [1.807, 2.05) is 24.5 Å². The zero-order chi connectivity index (χ0) is 15.9. The molecule has 0 unspecified atom stereocenters. The van der Waals surface area contributed by atoms with Crippen molar-refractivity contribution in [3.05, 3.63) is 34.5 Å². The standard InChI is InChI=1S/C14H14N4O3S/c1-4-21-13(19)11-15-12-9-7-8(22-3)5-6-10(9)17(2)14(20)18(12)16-11/h5-7H,4H2,1-3H3. The number of nitrogens with zero attached hydrogens (tertiary/aromatic N) is 4. The molecule has 3 aromatic rings. The van der Waals surface area contributed by atoms with Crippen LogP contribution in [0.3, 0.4) is 0 Å². The predicted molar refractivity (Wildman–Crippen MR) is 83.5 cm³/mol. The molecule has 0 N–H and O–H groups in total. The van der Waals surface area contributed by atoms with Gasteiger partial charge in [-0.25, -0.2) is 14.6 Å². The quantitative estimate of drug-likeness (QED) is 0.538. The summed E-state index contributed by atoms with van der Waals surface area (Å²) in [6, 6.07) is 5.73. The third-order valence-electron chi connectivity index (χ3n) is 3.34. The number of thioether (sulfide) groups is 1. The van der Waals surface area contributed by atoms with E-state index in [0.29, 0.717) is 5.65 Å². The molecule has 0 saturated heterocycles. The Labute approximate surface area is 129 Å². The van der Waals surface area contributed by atoms with Crippen LogP contribution in [0, 0.1) is 0 Å². The summed E-state index contributed by atoms with van der Waals surface area (Å²) < 4.78 is 7.51. The summed E-state index contributed by atoms with van der Waals surface area (Å²) in [4.78, 5) is 29.4. The molecule has 8 heteroatoms. The minimum Gasteiger partial charge on any atom is -0.460 e. The van der Waals surface area contributed by atoms with E-state index in [4.69, 9.17) is 4.74 Å². The highest BCUT2D eigenvalue weighted by molar-refractivity contribution is 7.98. The van der Waals surface area contributed by atoms with Crippen molar-refractivity contribution in [2.45, 2.75) is 11.8 Å². The largest absolute Gasteiger partial charge is 0.460 e. The molecule has 0 saturated carbocycles. The Morgan fingerprint density at radius 3 is 2.86 bits per heavy atom. The molecule has 0 radical (unpaired) electrons. The van der Waals surface area contributed by atoms with Gasteiger partial charge in [-0.05, 0) is 31.4 Å². The summed E-state index contributed by atoms with van der Waals surface area (Å²) in [6.45, 7) is 1.93. The van der Waals surface area contributed by atoms with Crippen LogP contribution < -0.4 is 5.69 Å². The number of aromatic nitrogens is 4. The first-order valence-electron chi connectivity index (χ1n) is 6.67. The normalized spacial score (nSPS) is 11.2. The number of hydrogen-bond donors (Lipinski definition) is 0. The second-order valence-electron chi connectivity index (χ2n) is 4.62. The van der Waals surface area contributed by atoms with Crippen LogP contribution in [-0.2, 0) is 11.8 Å². The van der Waals surface area contributed by atoms with Crippen molar-refractivity contribution in [2.75, 3.05) is 12.9 Å². The van der Waals surface area contributed by atoms with Crippen LogP contribution in [-0.4, -0.2) is 38.0 Å². The lowest BCUT2D eigenvalue weighted by molar-refractivity contribution is 0.0512. The topological polar surface area (TPSA) is 78.5 Å². The van der Waals surface area contributed by atoms with Gasteiger partial charge >= 0.3 is 11.7 Å². The Morgan fingerprint density at radius 2 is 2.18 bits per heavy atom. The number of rotatable bonds is 3. The minimum atomic E-state index is -0.637. The highest BCUT2D eigenvalue weighted by atomic mass is 32.2. The van der Waals surface area contributed by atoms with E-state index in [1.165, 1.54) is 4.57 Å². The van der Waals surface area contributed by atoms with E-state index in [9.17, 15) is 9.59 Å². The third kappa shape index (κ3) is 2.16. The Hall–Kier alpha value is -2.35. The fraction of sp³-hybridized carbons (Fsp3) is 0.286. The minimum absolute atomic E-state index is 0.110. The van der Waals surface area contributed by atoms with Crippen LogP contribution in [0.4, 0.5) is 0 Å². The highest BCUT2D eigenvalue weighted by Gasteiger charge is 2.18. The number of ether oxygens (including phenoxy) is 1. The Morgan fingerprint density at radius 1 is 1.41 bits per heavy atom. The molecular formula is C14H14N4O3S. The number of esters is 1. The van der Waals surface area contributed by atoms with Gasteiger partial charge in [0, 0.05) is 17.3 Å². The van der Waals surface area contributed by atoms with E-state index in [1.54, 1.807) is 25.7 Å². The number of hydrogen-bond acceptors (Lipinski definition) is 6. The highest BCUT2D eigenvalue weighted by Crippen LogP contribution is 2.23. The van der Waals surface area contributed by atoms with E-state index >= 15 is 0 Å². The summed E-state index contributed by atoms with van der Waals surface area (Å²) in [5.74, 6) is -0.747. The molecule has 0 bridgehead atoms. The first-order chi connectivity index (χ1) is 10.6. The number of carbonyl (C=O) groups excluding carboxylic acids is 1. The lowest BCUT2D eigenvalue weighted by atomic mass is 10.2. The van der Waals surface area contributed by atoms with Crippen molar-refractivity contribution in [2.24, 2.45) is 7.05 Å². The molecule has 22 heavy (non-hydrogen) atoms. The summed E-state index contributed by atoms with van der Waals surface area (Å²) in [7, 11) is 1.66. The van der Waals surface area contributed by atoms with Crippen LogP contribution in [0.2, 0.25) is 0 Å². The van der Waals surface area contributed by atoms with Gasteiger partial charge in [-0.15, -0.1) is 16.9 Å². The average Bonchev–Trinajstić information content (AvgIpc) is 2.98. The second kappa shape index (κ2) is 5.45. The fourth-order valence-electron chi connectivity index (χ4n) is 2.26. The number of carbonyl (C=O) groups is 1. The summed E-state index contributed by atoms with van der Waals surface area (Å²) in [5, 5.41) is 4.75. The van der Waals surface area contributed by atoms with Gasteiger partial charge in [-0.2, -0.15) is 4.52 Å². The molecule has 114 valence electrons. The molecule has 2 aromatic heterocycles. The maximum absolute atomic E-state index is 12.4. The van der Waals surface area contributed by atoms with Crippen LogP contribution in [0.15, 0.2) is 27.9 Å². The molecule has 7 nitrogen and oxygen atoms in total. The second-order valence-corrected chi connectivity index (χ2v) is 5.50. The average molecular weight is 318 g/mol. The van der Waals surface area contributed by atoms with Crippen LogP contribution >= 0.6 is 11.8 Å². The number of benzene rings is 1. The van der Waals surface area contributed by atoms with Crippen LogP contribution in [0.5, 0.6) is 0 Å². The predicted octanol–water partition coefficient (Wildman–Crippen LogP) is 1.48. The Kier molecular flexibility index (Phi) is 3.61. The SMILES string of the molecule is CCOC(=O)c1nc2c3cc(SC)ccc3n(C)c(=O)n2n1. The van der Waals surface area contributed by atoms with Gasteiger partial charge < -0.3 is 4.74 Å². The molecule has 1 aromatic carbocycles. The van der Waals surface area contributed by atoms with Crippen molar-refractivity contribution < 1.29 is 9.53 Å². The maximum Gasteiger partial charge on any atom is 0.378 e. The van der Waals surface area contributed by atoms with Crippen molar-refractivity contribution in [3.63, 3.8) is 0 Å². The lowest BCUT2D eigenvalue weighted by Gasteiger charge is -2.06. The summed E-state index contributed by atoms with van der Waals surface area (Å²) >= 11 is 1.59. The maximum atomic E-state index is 12.4. The van der Waals surface area contributed by atoms with Gasteiger partial charge in [0.25, 0.3) is 5.82 Å². The van der Waals surface area contributed by atoms with Gasteiger partial charge in [-0.3, -0.25) is 4.57 Å². The van der Waals surface area contributed by atoms with E-state index in [-0.39, 0.29) is 18.1 Å². The van der Waals surface area contributed by atoms with Gasteiger partial charge in [0.05, 0.1) is 12.1 Å². The van der Waals surface area contributed by atoms with E-state index in [0.717, 1.165) is 20.3 Å². The Balaban J connectivity index is 2.38. The van der Waals surface area contributed by atoms with Crippen molar-refractivity contribution in [1.82, 2.24) is 19.2 Å². The molecule has 3 rings (SSSR count). The zero-order valence-electron chi connectivity index (χ0n) is 12.4. The van der Waals surface area contributed by atoms with Gasteiger partial charge in [0.15, 0.2) is 5.65 Å². The number of fused-ring (bicyclic) bond motifs is 3. The number of aryl methyl sites for hydroxylation is 1. The van der Waals surface area contributed by atoms with Crippen molar-refractivity contribution >= 4 is 34.3 Å². The van der Waals surface area contributed by atoms with Crippen molar-refractivity contribution in [3.8, 4) is 0 Å². The third-order valence-corrected chi connectivity index (χ3v) is 4.06. The van der Waals surface area contributed by atoms with E-state index < -0.39 is 5.97 Å². The fourth-order valence-corrected chi connectivity index (χ4v) is 2.70. The van der Waals surface area contributed by atoms with Gasteiger partial charge in [0.2, 0.25) is 0 Å². The first-order valence-corrected chi connectivity index (χ1v) is 7.90. The molecule has 0 atom stereocenters.